The molecule has 2 fully saturated rings. The molecule has 2 aliphatic heterocycles. The third-order valence-corrected chi connectivity index (χ3v) is 7.99. The first-order chi connectivity index (χ1) is 17.2. The summed E-state index contributed by atoms with van der Waals surface area (Å²) in [7, 11) is 3.45. The van der Waals surface area contributed by atoms with Gasteiger partial charge in [-0.15, -0.1) is 10.2 Å². The highest BCUT2D eigenvalue weighted by molar-refractivity contribution is 7.99. The van der Waals surface area contributed by atoms with E-state index in [0.29, 0.717) is 12.0 Å². The molecular weight excluding hydrogens is 460 g/mol. The lowest BCUT2D eigenvalue weighted by Crippen LogP contribution is -2.33. The van der Waals surface area contributed by atoms with Crippen LogP contribution in [0.3, 0.4) is 0 Å². The van der Waals surface area contributed by atoms with Gasteiger partial charge >= 0.3 is 0 Å². The molecule has 0 radical (unpaired) electrons. The SMILES string of the molecule is COc1cccc(-n2c(SC[C@H]3CCCO3)nnc2C2CCN(Cc3ccccc3OC)CC2)c1. The van der Waals surface area contributed by atoms with E-state index in [0.717, 1.165) is 85.8 Å². The lowest BCUT2D eigenvalue weighted by molar-refractivity contribution is 0.129. The first-order valence-corrected chi connectivity index (χ1v) is 13.4. The third-order valence-electron chi connectivity index (χ3n) is 6.93. The lowest BCUT2D eigenvalue weighted by atomic mass is 9.95. The van der Waals surface area contributed by atoms with E-state index >= 15 is 0 Å². The zero-order valence-corrected chi connectivity index (χ0v) is 21.4. The van der Waals surface area contributed by atoms with Gasteiger partial charge in [-0.1, -0.05) is 36.0 Å². The predicted molar refractivity (Wildman–Crippen MR) is 138 cm³/mol. The van der Waals surface area contributed by atoms with Crippen molar-refractivity contribution in [1.82, 2.24) is 19.7 Å². The molecule has 5 rings (SSSR count). The quantitative estimate of drug-likeness (QED) is 0.391. The molecule has 1 aromatic heterocycles. The monoisotopic (exact) mass is 494 g/mol. The number of hydrogen-bond acceptors (Lipinski definition) is 7. The Labute approximate surface area is 211 Å². The van der Waals surface area contributed by atoms with Crippen LogP contribution < -0.4 is 9.47 Å². The lowest BCUT2D eigenvalue weighted by Gasteiger charge is -2.32. The summed E-state index contributed by atoms with van der Waals surface area (Å²) < 4.78 is 19.1. The van der Waals surface area contributed by atoms with Crippen LogP contribution in [0.4, 0.5) is 0 Å². The number of piperidine rings is 1. The highest BCUT2D eigenvalue weighted by atomic mass is 32.2. The van der Waals surface area contributed by atoms with Crippen molar-refractivity contribution in [2.24, 2.45) is 0 Å². The zero-order chi connectivity index (χ0) is 24.0. The molecule has 2 aromatic carbocycles. The van der Waals surface area contributed by atoms with E-state index in [1.807, 2.05) is 24.3 Å². The topological polar surface area (TPSA) is 61.6 Å². The highest BCUT2D eigenvalue weighted by Crippen LogP contribution is 2.34. The summed E-state index contributed by atoms with van der Waals surface area (Å²) in [6.45, 7) is 3.81. The van der Waals surface area contributed by atoms with Crippen LogP contribution in [0.1, 0.15) is 43.0 Å². The Hall–Kier alpha value is -2.55. The summed E-state index contributed by atoms with van der Waals surface area (Å²) in [6.07, 6.45) is 4.67. The van der Waals surface area contributed by atoms with E-state index in [1.54, 1.807) is 26.0 Å². The van der Waals surface area contributed by atoms with E-state index in [4.69, 9.17) is 19.3 Å². The molecule has 0 unspecified atom stereocenters. The molecule has 35 heavy (non-hydrogen) atoms. The second-order valence-corrected chi connectivity index (χ2v) is 10.2. The normalized spacial score (nSPS) is 19.2. The summed E-state index contributed by atoms with van der Waals surface area (Å²) in [4.78, 5) is 2.51. The maximum absolute atomic E-state index is 5.84. The number of likely N-dealkylation sites (tertiary alicyclic amines) is 1. The van der Waals surface area contributed by atoms with Crippen molar-refractivity contribution < 1.29 is 14.2 Å². The maximum atomic E-state index is 5.84. The van der Waals surface area contributed by atoms with Gasteiger partial charge in [0.25, 0.3) is 0 Å². The first-order valence-electron chi connectivity index (χ1n) is 12.4. The number of aromatic nitrogens is 3. The fourth-order valence-electron chi connectivity index (χ4n) is 5.00. The molecule has 0 bridgehead atoms. The Morgan fingerprint density at radius 2 is 1.86 bits per heavy atom. The number of hydrogen-bond donors (Lipinski definition) is 0. The molecule has 0 saturated carbocycles. The van der Waals surface area contributed by atoms with Gasteiger partial charge in [0, 0.05) is 36.5 Å². The van der Waals surface area contributed by atoms with Crippen molar-refractivity contribution in [1.29, 1.82) is 0 Å². The number of rotatable bonds is 9. The van der Waals surface area contributed by atoms with Crippen LogP contribution in [-0.2, 0) is 11.3 Å². The molecule has 8 heteroatoms. The summed E-state index contributed by atoms with van der Waals surface area (Å²) in [5.74, 6) is 4.10. The fraction of sp³-hybridized carbons (Fsp3) is 0.481. The Morgan fingerprint density at radius 3 is 2.63 bits per heavy atom. The van der Waals surface area contributed by atoms with Crippen molar-refractivity contribution in [3.05, 3.63) is 59.9 Å². The fourth-order valence-corrected chi connectivity index (χ4v) is 6.02. The molecule has 1 atom stereocenters. The average molecular weight is 495 g/mol. The number of nitrogens with zero attached hydrogens (tertiary/aromatic N) is 4. The number of benzene rings is 2. The van der Waals surface area contributed by atoms with Crippen LogP contribution in [-0.4, -0.2) is 65.4 Å². The van der Waals surface area contributed by atoms with Crippen molar-refractivity contribution >= 4 is 11.8 Å². The second kappa shape index (κ2) is 11.5. The molecule has 0 N–H and O–H groups in total. The third kappa shape index (κ3) is 5.66. The molecule has 0 amide bonds. The molecule has 2 saturated heterocycles. The smallest absolute Gasteiger partial charge is 0.195 e. The molecule has 186 valence electrons. The molecule has 0 aliphatic carbocycles. The second-order valence-electron chi connectivity index (χ2n) is 9.19. The Kier molecular flexibility index (Phi) is 7.91. The van der Waals surface area contributed by atoms with Gasteiger partial charge in [0.1, 0.15) is 17.3 Å². The highest BCUT2D eigenvalue weighted by Gasteiger charge is 2.28. The number of para-hydroxylation sites is 1. The van der Waals surface area contributed by atoms with Crippen LogP contribution in [0.15, 0.2) is 53.7 Å². The van der Waals surface area contributed by atoms with Gasteiger partial charge in [-0.05, 0) is 57.0 Å². The van der Waals surface area contributed by atoms with Crippen molar-refractivity contribution in [2.75, 3.05) is 39.7 Å². The van der Waals surface area contributed by atoms with E-state index in [9.17, 15) is 0 Å². The Balaban J connectivity index is 1.33. The molecule has 0 spiro atoms. The minimum Gasteiger partial charge on any atom is -0.497 e. The van der Waals surface area contributed by atoms with Crippen LogP contribution >= 0.6 is 11.8 Å². The largest absolute Gasteiger partial charge is 0.497 e. The van der Waals surface area contributed by atoms with Crippen LogP contribution in [0.25, 0.3) is 5.69 Å². The minimum atomic E-state index is 0.303. The molecular formula is C27H34N4O3S. The van der Waals surface area contributed by atoms with Gasteiger partial charge in [0.15, 0.2) is 5.16 Å². The zero-order valence-electron chi connectivity index (χ0n) is 20.6. The standard InChI is InChI=1S/C27H34N4O3S/c1-32-23-9-5-8-22(17-23)31-26(28-29-27(31)35-19-24-10-6-16-34-24)20-12-14-30(15-13-20)18-21-7-3-4-11-25(21)33-2/h3-5,7-9,11,17,20,24H,6,10,12-16,18-19H2,1-2H3/t24-/m1/s1. The first kappa shape index (κ1) is 24.2. The van der Waals surface area contributed by atoms with Crippen LogP contribution in [0.5, 0.6) is 11.5 Å². The average Bonchev–Trinajstić information content (AvgIpc) is 3.58. The van der Waals surface area contributed by atoms with Crippen molar-refractivity contribution in [2.45, 2.75) is 49.4 Å². The van der Waals surface area contributed by atoms with E-state index in [-0.39, 0.29) is 0 Å². The van der Waals surface area contributed by atoms with Gasteiger partial charge in [-0.2, -0.15) is 0 Å². The molecule has 2 aliphatic rings. The molecule has 3 aromatic rings. The molecule has 7 nitrogen and oxygen atoms in total. The summed E-state index contributed by atoms with van der Waals surface area (Å²) in [6, 6.07) is 16.5. The van der Waals surface area contributed by atoms with Gasteiger partial charge in [-0.3, -0.25) is 9.47 Å². The Bertz CT molecular complexity index is 1110. The molecule has 3 heterocycles. The van der Waals surface area contributed by atoms with Gasteiger partial charge in [0.05, 0.1) is 26.0 Å². The minimum absolute atomic E-state index is 0.303. The maximum Gasteiger partial charge on any atom is 0.195 e. The van der Waals surface area contributed by atoms with Crippen LogP contribution in [0.2, 0.25) is 0 Å². The van der Waals surface area contributed by atoms with E-state index in [2.05, 4.69) is 38.8 Å². The summed E-state index contributed by atoms with van der Waals surface area (Å²) in [5, 5.41) is 10.3. The number of methoxy groups -OCH3 is 2. The van der Waals surface area contributed by atoms with Gasteiger partial charge in [-0.25, -0.2) is 0 Å². The number of thioether (sulfide) groups is 1. The summed E-state index contributed by atoms with van der Waals surface area (Å²) in [5.41, 5.74) is 2.29. The van der Waals surface area contributed by atoms with Crippen LogP contribution in [0, 0.1) is 0 Å². The van der Waals surface area contributed by atoms with Gasteiger partial charge in [0.2, 0.25) is 0 Å². The van der Waals surface area contributed by atoms with E-state index < -0.39 is 0 Å². The van der Waals surface area contributed by atoms with Crippen molar-refractivity contribution in [3.63, 3.8) is 0 Å². The summed E-state index contributed by atoms with van der Waals surface area (Å²) >= 11 is 1.74. The van der Waals surface area contributed by atoms with Crippen molar-refractivity contribution in [3.8, 4) is 17.2 Å². The number of ether oxygens (including phenoxy) is 3. The predicted octanol–water partition coefficient (Wildman–Crippen LogP) is 4.94. The Morgan fingerprint density at radius 1 is 1.00 bits per heavy atom. The van der Waals surface area contributed by atoms with Gasteiger partial charge < -0.3 is 14.2 Å². The van der Waals surface area contributed by atoms with E-state index in [1.165, 1.54) is 5.56 Å².